The number of ether oxygens (including phenoxy) is 1. The molecular weight excluding hydrogens is 330 g/mol. The van der Waals surface area contributed by atoms with Crippen LogP contribution in [0.2, 0.25) is 0 Å². The van der Waals surface area contributed by atoms with Gasteiger partial charge in [0.05, 0.1) is 19.0 Å². The van der Waals surface area contributed by atoms with Crippen molar-refractivity contribution in [2.45, 2.75) is 25.7 Å². The molecule has 0 saturated carbocycles. The molecule has 1 aliphatic rings. The van der Waals surface area contributed by atoms with Crippen LogP contribution in [0, 0.1) is 6.92 Å². The van der Waals surface area contributed by atoms with E-state index in [9.17, 15) is 4.79 Å². The molecule has 0 aliphatic carbocycles. The van der Waals surface area contributed by atoms with Crippen LogP contribution in [0.25, 0.3) is 5.65 Å². The lowest BCUT2D eigenvalue weighted by Crippen LogP contribution is -2.29. The zero-order valence-corrected chi connectivity index (χ0v) is 15.1. The topological polar surface area (TPSA) is 72.6 Å². The normalized spacial score (nSPS) is 19.9. The molecule has 3 aromatic heterocycles. The second kappa shape index (κ2) is 6.09. The van der Waals surface area contributed by atoms with Gasteiger partial charge in [-0.25, -0.2) is 14.3 Å². The van der Waals surface area contributed by atoms with Gasteiger partial charge in [-0.1, -0.05) is 13.0 Å². The first-order chi connectivity index (χ1) is 12.5. The van der Waals surface area contributed by atoms with Gasteiger partial charge in [0.2, 0.25) is 0 Å². The maximum absolute atomic E-state index is 11.7. The number of aromatic nitrogens is 4. The Morgan fingerprint density at radius 1 is 1.35 bits per heavy atom. The number of rotatable bonds is 3. The summed E-state index contributed by atoms with van der Waals surface area (Å²) in [6.07, 6.45) is 4.81. The quantitative estimate of drug-likeness (QED) is 0.675. The Balaban J connectivity index is 1.66. The lowest BCUT2D eigenvalue weighted by molar-refractivity contribution is 0.0587. The highest BCUT2D eigenvalue weighted by molar-refractivity contribution is 5.85. The van der Waals surface area contributed by atoms with Crippen LogP contribution >= 0.6 is 0 Å². The van der Waals surface area contributed by atoms with Gasteiger partial charge in [0.1, 0.15) is 0 Å². The number of hydrogen-bond acceptors (Lipinski definition) is 6. The molecule has 1 atom stereocenters. The summed E-state index contributed by atoms with van der Waals surface area (Å²) >= 11 is 0. The van der Waals surface area contributed by atoms with E-state index in [4.69, 9.17) is 4.74 Å². The minimum Gasteiger partial charge on any atom is -0.463 e. The van der Waals surface area contributed by atoms with E-state index in [2.05, 4.69) is 39.0 Å². The molecule has 7 nitrogen and oxygen atoms in total. The Morgan fingerprint density at radius 2 is 2.19 bits per heavy atom. The lowest BCUT2D eigenvalue weighted by Gasteiger charge is -2.25. The van der Waals surface area contributed by atoms with E-state index in [1.165, 1.54) is 7.11 Å². The molecule has 4 rings (SSSR count). The van der Waals surface area contributed by atoms with Crippen molar-refractivity contribution in [2.24, 2.45) is 0 Å². The van der Waals surface area contributed by atoms with Gasteiger partial charge in [0, 0.05) is 30.4 Å². The first-order valence-electron chi connectivity index (χ1n) is 8.62. The maximum Gasteiger partial charge on any atom is 0.377 e. The molecule has 134 valence electrons. The number of hydrogen-bond donors (Lipinski definition) is 0. The third kappa shape index (κ3) is 2.69. The smallest absolute Gasteiger partial charge is 0.377 e. The van der Waals surface area contributed by atoms with Gasteiger partial charge >= 0.3 is 5.97 Å². The second-order valence-corrected chi connectivity index (χ2v) is 7.02. The van der Waals surface area contributed by atoms with Gasteiger partial charge in [-0.3, -0.25) is 4.98 Å². The fraction of sp³-hybridized carbons (Fsp3) is 0.368. The summed E-state index contributed by atoms with van der Waals surface area (Å²) in [5, 5.41) is 4.26. The standard InChI is InChI=1S/C19H21N5O2/c1-13-10-14(11-24-17(13)21-16(22-24)18(25)26-3)23-9-7-19(2,12-23)15-6-4-5-8-20-15/h4-6,8,10-11H,7,9,12H2,1-3H3. The Bertz CT molecular complexity index is 969. The highest BCUT2D eigenvalue weighted by Gasteiger charge is 2.36. The third-order valence-corrected chi connectivity index (χ3v) is 5.09. The average molecular weight is 351 g/mol. The lowest BCUT2D eigenvalue weighted by atomic mass is 9.85. The van der Waals surface area contributed by atoms with Crippen molar-refractivity contribution in [3.8, 4) is 0 Å². The molecule has 0 bridgehead atoms. The molecule has 0 aromatic carbocycles. The Labute approximate surface area is 151 Å². The van der Waals surface area contributed by atoms with Gasteiger partial charge in [0.15, 0.2) is 5.65 Å². The zero-order chi connectivity index (χ0) is 18.3. The first kappa shape index (κ1) is 16.5. The summed E-state index contributed by atoms with van der Waals surface area (Å²) in [5.74, 6) is -0.453. The SMILES string of the molecule is COC(=O)c1nc2c(C)cc(N3CCC(C)(c4ccccn4)C3)cn2n1. The van der Waals surface area contributed by atoms with Crippen molar-refractivity contribution in [2.75, 3.05) is 25.1 Å². The number of aryl methyl sites for hydroxylation is 1. The molecule has 1 aliphatic heterocycles. The van der Waals surface area contributed by atoms with Crippen LogP contribution in [0.4, 0.5) is 5.69 Å². The van der Waals surface area contributed by atoms with Crippen molar-refractivity contribution in [3.05, 3.63) is 53.7 Å². The van der Waals surface area contributed by atoms with Crippen LogP contribution in [-0.2, 0) is 10.2 Å². The first-order valence-corrected chi connectivity index (χ1v) is 8.62. The van der Waals surface area contributed by atoms with E-state index in [0.29, 0.717) is 5.65 Å². The van der Waals surface area contributed by atoms with E-state index in [1.54, 1.807) is 4.52 Å². The van der Waals surface area contributed by atoms with Crippen molar-refractivity contribution in [1.82, 2.24) is 19.6 Å². The number of carbonyl (C=O) groups excluding carboxylic acids is 1. The molecule has 26 heavy (non-hydrogen) atoms. The Hall–Kier alpha value is -2.96. The van der Waals surface area contributed by atoms with Crippen LogP contribution in [0.1, 0.15) is 35.2 Å². The molecule has 0 N–H and O–H groups in total. The van der Waals surface area contributed by atoms with E-state index in [1.807, 2.05) is 31.5 Å². The van der Waals surface area contributed by atoms with Crippen molar-refractivity contribution in [3.63, 3.8) is 0 Å². The number of fused-ring (bicyclic) bond motifs is 1. The summed E-state index contributed by atoms with van der Waals surface area (Å²) < 4.78 is 6.38. The number of pyridine rings is 2. The van der Waals surface area contributed by atoms with Gasteiger partial charge in [-0.2, -0.15) is 0 Å². The van der Waals surface area contributed by atoms with Crippen molar-refractivity contribution >= 4 is 17.3 Å². The second-order valence-electron chi connectivity index (χ2n) is 7.02. The fourth-order valence-electron chi connectivity index (χ4n) is 3.59. The van der Waals surface area contributed by atoms with Crippen LogP contribution in [-0.4, -0.2) is 45.8 Å². The summed E-state index contributed by atoms with van der Waals surface area (Å²) in [6, 6.07) is 8.17. The number of carbonyl (C=O) groups is 1. The maximum atomic E-state index is 11.7. The monoisotopic (exact) mass is 351 g/mol. The van der Waals surface area contributed by atoms with Crippen molar-refractivity contribution in [1.29, 1.82) is 0 Å². The summed E-state index contributed by atoms with van der Waals surface area (Å²) in [6.45, 7) is 6.05. The average Bonchev–Trinajstić information content (AvgIpc) is 3.27. The van der Waals surface area contributed by atoms with E-state index in [0.717, 1.165) is 36.5 Å². The minimum absolute atomic E-state index is 0.0175. The predicted molar refractivity (Wildman–Crippen MR) is 97.5 cm³/mol. The van der Waals surface area contributed by atoms with Crippen molar-refractivity contribution < 1.29 is 9.53 Å². The predicted octanol–water partition coefficient (Wildman–Crippen LogP) is 2.39. The van der Waals surface area contributed by atoms with E-state index >= 15 is 0 Å². The van der Waals surface area contributed by atoms with E-state index in [-0.39, 0.29) is 11.2 Å². The Kier molecular flexibility index (Phi) is 3.86. The molecule has 3 aromatic rings. The van der Waals surface area contributed by atoms with Crippen LogP contribution < -0.4 is 4.90 Å². The number of nitrogens with zero attached hydrogens (tertiary/aromatic N) is 5. The fourth-order valence-corrected chi connectivity index (χ4v) is 3.59. The molecule has 7 heteroatoms. The molecule has 4 heterocycles. The third-order valence-electron chi connectivity index (χ3n) is 5.09. The number of esters is 1. The highest BCUT2D eigenvalue weighted by Crippen LogP contribution is 2.35. The minimum atomic E-state index is -0.529. The highest BCUT2D eigenvalue weighted by atomic mass is 16.5. The van der Waals surface area contributed by atoms with E-state index < -0.39 is 5.97 Å². The summed E-state index contributed by atoms with van der Waals surface area (Å²) in [5.41, 5.74) is 3.84. The molecule has 0 amide bonds. The molecular formula is C19H21N5O2. The molecule has 1 saturated heterocycles. The van der Waals surface area contributed by atoms with Gasteiger partial charge in [-0.05, 0) is 37.1 Å². The van der Waals surface area contributed by atoms with Crippen LogP contribution in [0.15, 0.2) is 36.7 Å². The molecule has 0 radical (unpaired) electrons. The van der Waals surface area contributed by atoms with Crippen LogP contribution in [0.5, 0.6) is 0 Å². The molecule has 1 unspecified atom stereocenters. The molecule has 1 fully saturated rings. The Morgan fingerprint density at radius 3 is 2.92 bits per heavy atom. The van der Waals surface area contributed by atoms with Crippen LogP contribution in [0.3, 0.4) is 0 Å². The van der Waals surface area contributed by atoms with Gasteiger partial charge in [0.25, 0.3) is 5.82 Å². The number of methoxy groups -OCH3 is 1. The zero-order valence-electron chi connectivity index (χ0n) is 15.1. The summed E-state index contributed by atoms with van der Waals surface area (Å²) in [4.78, 5) is 22.9. The number of anilines is 1. The van der Waals surface area contributed by atoms with Gasteiger partial charge in [-0.15, -0.1) is 5.10 Å². The largest absolute Gasteiger partial charge is 0.463 e. The van der Waals surface area contributed by atoms with Gasteiger partial charge < -0.3 is 9.64 Å². The molecule has 0 spiro atoms. The summed E-state index contributed by atoms with van der Waals surface area (Å²) in [7, 11) is 1.33.